The number of phenols is 1. The number of thiocarbonyl (C=S) groups is 1. The quantitative estimate of drug-likeness (QED) is 0.408. The normalized spacial score (nSPS) is 17.3. The molecule has 4 rings (SSSR count). The summed E-state index contributed by atoms with van der Waals surface area (Å²) in [6.07, 6.45) is 6.36. The summed E-state index contributed by atoms with van der Waals surface area (Å²) in [6, 6.07) is 11.8. The van der Waals surface area contributed by atoms with Crippen molar-refractivity contribution in [3.05, 3.63) is 71.3 Å². The van der Waals surface area contributed by atoms with Gasteiger partial charge in [0, 0.05) is 30.4 Å². The lowest BCUT2D eigenvalue weighted by Crippen LogP contribution is -2.46. The monoisotopic (exact) mass is 452 g/mol. The molecular formula is C24H28N4O3S. The number of ether oxygens (including phenoxy) is 2. The largest absolute Gasteiger partial charge is 0.504 e. The number of aromatic nitrogens is 2. The Bertz CT molecular complexity index is 1070. The first-order valence-electron chi connectivity index (χ1n) is 10.6. The van der Waals surface area contributed by atoms with Gasteiger partial charge in [-0.3, -0.25) is 0 Å². The summed E-state index contributed by atoms with van der Waals surface area (Å²) < 4.78 is 10.6. The van der Waals surface area contributed by atoms with Crippen LogP contribution in [0, 0.1) is 0 Å². The van der Waals surface area contributed by atoms with E-state index in [0.29, 0.717) is 17.4 Å². The van der Waals surface area contributed by atoms with Gasteiger partial charge < -0.3 is 30.2 Å². The zero-order chi connectivity index (χ0) is 22.5. The van der Waals surface area contributed by atoms with E-state index in [1.807, 2.05) is 18.3 Å². The molecule has 0 radical (unpaired) electrons. The number of benzene rings is 2. The fourth-order valence-electron chi connectivity index (χ4n) is 4.31. The number of phenolic OH excluding ortho intramolecular Hbond substituents is 1. The van der Waals surface area contributed by atoms with E-state index in [1.165, 1.54) is 18.2 Å². The third-order valence-electron chi connectivity index (χ3n) is 5.97. The minimum absolute atomic E-state index is 0.121. The third-order valence-corrected chi connectivity index (χ3v) is 6.23. The highest BCUT2D eigenvalue weighted by Gasteiger charge is 2.31. The summed E-state index contributed by atoms with van der Waals surface area (Å²) in [5.74, 6) is 1.70. The number of nitrogens with one attached hydrogen (secondary N) is 3. The van der Waals surface area contributed by atoms with Crippen LogP contribution in [0.25, 0.3) is 0 Å². The second-order valence-corrected chi connectivity index (χ2v) is 8.34. The maximum atomic E-state index is 9.78. The van der Waals surface area contributed by atoms with Gasteiger partial charge in [-0.15, -0.1) is 0 Å². The Morgan fingerprint density at radius 3 is 2.84 bits per heavy atom. The Hall–Kier alpha value is -3.26. The molecule has 1 aromatic heterocycles. The number of imidazole rings is 1. The number of aromatic amines is 1. The average Bonchev–Trinajstić information content (AvgIpc) is 3.33. The van der Waals surface area contributed by atoms with Gasteiger partial charge >= 0.3 is 0 Å². The van der Waals surface area contributed by atoms with E-state index in [1.54, 1.807) is 25.6 Å². The van der Waals surface area contributed by atoms with E-state index in [0.717, 1.165) is 36.3 Å². The maximum absolute atomic E-state index is 9.78. The van der Waals surface area contributed by atoms with Crippen molar-refractivity contribution >= 4 is 17.3 Å². The Labute approximate surface area is 193 Å². The molecule has 3 aromatic rings. The summed E-state index contributed by atoms with van der Waals surface area (Å²) in [4.78, 5) is 7.41. The van der Waals surface area contributed by atoms with Crippen molar-refractivity contribution in [2.45, 2.75) is 37.8 Å². The summed E-state index contributed by atoms with van der Waals surface area (Å²) in [7, 11) is 3.24. The first-order valence-corrected chi connectivity index (χ1v) is 11.0. The van der Waals surface area contributed by atoms with Gasteiger partial charge in [0.2, 0.25) is 0 Å². The van der Waals surface area contributed by atoms with Crippen LogP contribution in [0.1, 0.15) is 34.7 Å². The number of fused-ring (bicyclic) bond motifs is 1. The molecule has 0 bridgehead atoms. The SMILES string of the molecule is COc1ccc2c(c1)CCC(NC(=S)NCc1ccc(O)c(OC)c1)C2Cc1cnc[nH]1. The van der Waals surface area contributed by atoms with Crippen LogP contribution in [0.4, 0.5) is 0 Å². The fraction of sp³-hybridized carbons (Fsp3) is 0.333. The number of aryl methyl sites for hydroxylation is 1. The van der Waals surface area contributed by atoms with Gasteiger partial charge in [0.25, 0.3) is 0 Å². The highest BCUT2D eigenvalue weighted by Crippen LogP contribution is 2.36. The van der Waals surface area contributed by atoms with Crippen LogP contribution in [0.5, 0.6) is 17.2 Å². The fourth-order valence-corrected chi connectivity index (χ4v) is 4.53. The van der Waals surface area contributed by atoms with Gasteiger partial charge in [-0.25, -0.2) is 4.98 Å². The molecule has 0 saturated heterocycles. The molecule has 0 saturated carbocycles. The first kappa shape index (κ1) is 22.0. The van der Waals surface area contributed by atoms with E-state index in [9.17, 15) is 5.11 Å². The van der Waals surface area contributed by atoms with E-state index >= 15 is 0 Å². The van der Waals surface area contributed by atoms with E-state index < -0.39 is 0 Å². The van der Waals surface area contributed by atoms with Crippen molar-refractivity contribution in [2.24, 2.45) is 0 Å². The van der Waals surface area contributed by atoms with Gasteiger partial charge in [0.1, 0.15) is 5.75 Å². The smallest absolute Gasteiger partial charge is 0.166 e. The Kier molecular flexibility index (Phi) is 6.80. The summed E-state index contributed by atoms with van der Waals surface area (Å²) >= 11 is 5.62. The number of hydrogen-bond acceptors (Lipinski definition) is 5. The molecule has 2 unspecified atom stereocenters. The Balaban J connectivity index is 1.46. The molecule has 32 heavy (non-hydrogen) atoms. The Morgan fingerprint density at radius 2 is 2.09 bits per heavy atom. The number of hydrogen-bond donors (Lipinski definition) is 4. The summed E-state index contributed by atoms with van der Waals surface area (Å²) in [5, 5.41) is 17.2. The van der Waals surface area contributed by atoms with Crippen LogP contribution in [0.3, 0.4) is 0 Å². The highest BCUT2D eigenvalue weighted by atomic mass is 32.1. The standard InChI is InChI=1S/C24H28N4O3S/c1-30-18-5-6-19-16(10-18)4-7-21(20(19)11-17-13-25-14-27-17)28-24(32)26-12-15-3-8-22(29)23(9-15)31-2/h3,5-6,8-10,13-14,20-21,29H,4,7,11-12H2,1-2H3,(H,25,27)(H2,26,28,32). The lowest BCUT2D eigenvalue weighted by atomic mass is 9.77. The maximum Gasteiger partial charge on any atom is 0.166 e. The molecule has 2 atom stereocenters. The van der Waals surface area contributed by atoms with Gasteiger partial charge in [0.05, 0.1) is 20.5 Å². The molecule has 168 valence electrons. The van der Waals surface area contributed by atoms with Crippen molar-refractivity contribution in [3.63, 3.8) is 0 Å². The van der Waals surface area contributed by atoms with E-state index in [2.05, 4.69) is 32.7 Å². The molecule has 1 aliphatic carbocycles. The van der Waals surface area contributed by atoms with Crippen LogP contribution >= 0.6 is 12.2 Å². The Morgan fingerprint density at radius 1 is 1.22 bits per heavy atom. The van der Waals surface area contributed by atoms with Crippen LogP contribution in [0.2, 0.25) is 0 Å². The van der Waals surface area contributed by atoms with Crippen LogP contribution < -0.4 is 20.1 Å². The van der Waals surface area contributed by atoms with E-state index in [-0.39, 0.29) is 17.7 Å². The van der Waals surface area contributed by atoms with Gasteiger partial charge in [0.15, 0.2) is 16.6 Å². The number of methoxy groups -OCH3 is 2. The van der Waals surface area contributed by atoms with Gasteiger partial charge in [-0.05, 0) is 72.4 Å². The molecule has 4 N–H and O–H groups in total. The van der Waals surface area contributed by atoms with Crippen molar-refractivity contribution in [1.82, 2.24) is 20.6 Å². The number of nitrogens with zero attached hydrogens (tertiary/aromatic N) is 1. The zero-order valence-electron chi connectivity index (χ0n) is 18.2. The molecule has 2 aromatic carbocycles. The van der Waals surface area contributed by atoms with Crippen molar-refractivity contribution in [1.29, 1.82) is 0 Å². The predicted octanol–water partition coefficient (Wildman–Crippen LogP) is 3.44. The first-order chi connectivity index (χ1) is 15.6. The lowest BCUT2D eigenvalue weighted by Gasteiger charge is -2.35. The molecular weight excluding hydrogens is 424 g/mol. The number of aromatic hydroxyl groups is 1. The number of H-pyrrole nitrogens is 1. The van der Waals surface area contributed by atoms with Crippen LogP contribution in [0.15, 0.2) is 48.9 Å². The van der Waals surface area contributed by atoms with E-state index in [4.69, 9.17) is 21.7 Å². The lowest BCUT2D eigenvalue weighted by molar-refractivity contribution is 0.373. The van der Waals surface area contributed by atoms with Crippen LogP contribution in [-0.4, -0.2) is 40.4 Å². The second kappa shape index (κ2) is 9.91. The van der Waals surface area contributed by atoms with Crippen molar-refractivity contribution < 1.29 is 14.6 Å². The second-order valence-electron chi connectivity index (χ2n) is 7.93. The molecule has 0 fully saturated rings. The van der Waals surface area contributed by atoms with Crippen LogP contribution in [-0.2, 0) is 19.4 Å². The highest BCUT2D eigenvalue weighted by molar-refractivity contribution is 7.80. The third kappa shape index (κ3) is 4.96. The topological polar surface area (TPSA) is 91.4 Å². The molecule has 8 heteroatoms. The summed E-state index contributed by atoms with van der Waals surface area (Å²) in [5.41, 5.74) is 4.71. The molecule has 0 amide bonds. The molecule has 0 aliphatic heterocycles. The minimum atomic E-state index is 0.121. The van der Waals surface area contributed by atoms with Gasteiger partial charge in [-0.1, -0.05) is 12.1 Å². The molecule has 0 spiro atoms. The van der Waals surface area contributed by atoms with Crippen molar-refractivity contribution in [2.75, 3.05) is 14.2 Å². The zero-order valence-corrected chi connectivity index (χ0v) is 19.0. The number of rotatable bonds is 7. The summed E-state index contributed by atoms with van der Waals surface area (Å²) in [6.45, 7) is 0.536. The average molecular weight is 453 g/mol. The van der Waals surface area contributed by atoms with Gasteiger partial charge in [-0.2, -0.15) is 0 Å². The molecule has 7 nitrogen and oxygen atoms in total. The predicted molar refractivity (Wildman–Crippen MR) is 127 cm³/mol. The van der Waals surface area contributed by atoms with Crippen molar-refractivity contribution in [3.8, 4) is 17.2 Å². The minimum Gasteiger partial charge on any atom is -0.504 e. The molecule has 1 aliphatic rings. The molecule has 1 heterocycles.